The highest BCUT2D eigenvalue weighted by molar-refractivity contribution is 4.90. The first kappa shape index (κ1) is 16.3. The molecule has 0 aliphatic heterocycles. The first-order valence-corrected chi connectivity index (χ1v) is 9.05. The summed E-state index contributed by atoms with van der Waals surface area (Å²) in [5.74, 6) is 2.61. The van der Waals surface area contributed by atoms with E-state index < -0.39 is 0 Å². The number of rotatable bonds is 5. The molecule has 2 aliphatic carbocycles. The van der Waals surface area contributed by atoms with Gasteiger partial charge in [0.1, 0.15) is 0 Å². The van der Waals surface area contributed by atoms with Crippen LogP contribution in [0.1, 0.15) is 65.7 Å². The van der Waals surface area contributed by atoms with E-state index in [4.69, 9.17) is 0 Å². The van der Waals surface area contributed by atoms with Crippen LogP contribution in [0.2, 0.25) is 0 Å². The normalized spacial score (nSPS) is 36.5. The SMILES string of the molecule is CCNC1CC(C)CC(C)C1CN(C)C1CCCCC1. The van der Waals surface area contributed by atoms with E-state index in [1.807, 2.05) is 0 Å². The Bertz CT molecular complexity index is 273. The third-order valence-corrected chi connectivity index (χ3v) is 5.84. The van der Waals surface area contributed by atoms with Gasteiger partial charge in [-0.2, -0.15) is 0 Å². The molecule has 0 bridgehead atoms. The summed E-state index contributed by atoms with van der Waals surface area (Å²) in [5, 5.41) is 3.78. The van der Waals surface area contributed by atoms with E-state index in [2.05, 4.69) is 38.0 Å². The van der Waals surface area contributed by atoms with E-state index >= 15 is 0 Å². The summed E-state index contributed by atoms with van der Waals surface area (Å²) in [4.78, 5) is 2.70. The summed E-state index contributed by atoms with van der Waals surface area (Å²) < 4.78 is 0. The number of nitrogens with zero attached hydrogens (tertiary/aromatic N) is 1. The molecule has 0 saturated heterocycles. The Morgan fingerprint density at radius 1 is 1.05 bits per heavy atom. The first-order chi connectivity index (χ1) is 9.61. The Morgan fingerprint density at radius 2 is 1.75 bits per heavy atom. The molecular weight excluding hydrogens is 244 g/mol. The summed E-state index contributed by atoms with van der Waals surface area (Å²) >= 11 is 0. The van der Waals surface area contributed by atoms with Crippen LogP contribution in [0.4, 0.5) is 0 Å². The molecule has 0 heterocycles. The van der Waals surface area contributed by atoms with Gasteiger partial charge >= 0.3 is 0 Å². The van der Waals surface area contributed by atoms with Crippen LogP contribution in [0, 0.1) is 17.8 Å². The molecule has 20 heavy (non-hydrogen) atoms. The molecule has 2 fully saturated rings. The molecule has 2 saturated carbocycles. The molecule has 0 amide bonds. The van der Waals surface area contributed by atoms with Crippen molar-refractivity contribution in [2.75, 3.05) is 20.1 Å². The molecule has 0 radical (unpaired) electrons. The predicted molar refractivity (Wildman–Crippen MR) is 88.0 cm³/mol. The number of hydrogen-bond donors (Lipinski definition) is 1. The Morgan fingerprint density at radius 3 is 2.40 bits per heavy atom. The average Bonchev–Trinajstić information content (AvgIpc) is 2.43. The van der Waals surface area contributed by atoms with Gasteiger partial charge in [-0.15, -0.1) is 0 Å². The minimum atomic E-state index is 0.741. The van der Waals surface area contributed by atoms with Crippen molar-refractivity contribution in [1.29, 1.82) is 0 Å². The Hall–Kier alpha value is -0.0800. The summed E-state index contributed by atoms with van der Waals surface area (Å²) in [6.07, 6.45) is 10.0. The van der Waals surface area contributed by atoms with Gasteiger partial charge in [0, 0.05) is 18.6 Å². The van der Waals surface area contributed by atoms with Gasteiger partial charge in [-0.05, 0) is 57.0 Å². The lowest BCUT2D eigenvalue weighted by Crippen LogP contribution is -2.50. The zero-order chi connectivity index (χ0) is 14.5. The Labute approximate surface area is 126 Å². The van der Waals surface area contributed by atoms with Crippen LogP contribution in [-0.4, -0.2) is 37.1 Å². The van der Waals surface area contributed by atoms with Crippen molar-refractivity contribution >= 4 is 0 Å². The van der Waals surface area contributed by atoms with Crippen LogP contribution in [0.15, 0.2) is 0 Å². The largest absolute Gasteiger partial charge is 0.314 e. The van der Waals surface area contributed by atoms with Crippen molar-refractivity contribution in [2.45, 2.75) is 77.8 Å². The number of nitrogens with one attached hydrogen (secondary N) is 1. The lowest BCUT2D eigenvalue weighted by molar-refractivity contribution is 0.0844. The molecule has 2 rings (SSSR count). The maximum atomic E-state index is 3.78. The zero-order valence-corrected chi connectivity index (χ0v) is 14.2. The van der Waals surface area contributed by atoms with Crippen molar-refractivity contribution in [1.82, 2.24) is 10.2 Å². The lowest BCUT2D eigenvalue weighted by atomic mass is 9.72. The van der Waals surface area contributed by atoms with Crippen LogP contribution in [0.3, 0.4) is 0 Å². The fraction of sp³-hybridized carbons (Fsp3) is 1.00. The van der Waals surface area contributed by atoms with E-state index in [9.17, 15) is 0 Å². The van der Waals surface area contributed by atoms with Crippen molar-refractivity contribution in [3.63, 3.8) is 0 Å². The van der Waals surface area contributed by atoms with Crippen molar-refractivity contribution in [3.05, 3.63) is 0 Å². The van der Waals surface area contributed by atoms with Crippen LogP contribution >= 0.6 is 0 Å². The Kier molecular flexibility index (Phi) is 6.35. The molecule has 4 unspecified atom stereocenters. The second-order valence-electron chi connectivity index (χ2n) is 7.61. The van der Waals surface area contributed by atoms with Crippen molar-refractivity contribution in [3.8, 4) is 0 Å². The molecule has 0 spiro atoms. The van der Waals surface area contributed by atoms with Gasteiger partial charge in [-0.25, -0.2) is 0 Å². The van der Waals surface area contributed by atoms with E-state index in [-0.39, 0.29) is 0 Å². The van der Waals surface area contributed by atoms with Gasteiger partial charge in [-0.3, -0.25) is 0 Å². The van der Waals surface area contributed by atoms with Crippen molar-refractivity contribution < 1.29 is 0 Å². The van der Waals surface area contributed by atoms with Crippen LogP contribution in [-0.2, 0) is 0 Å². The Balaban J connectivity index is 1.92. The van der Waals surface area contributed by atoms with Gasteiger partial charge in [-0.1, -0.05) is 40.0 Å². The third-order valence-electron chi connectivity index (χ3n) is 5.84. The van der Waals surface area contributed by atoms with E-state index in [1.165, 1.54) is 51.5 Å². The summed E-state index contributed by atoms with van der Waals surface area (Å²) in [6, 6.07) is 1.60. The first-order valence-electron chi connectivity index (χ1n) is 9.05. The second kappa shape index (κ2) is 7.79. The minimum Gasteiger partial charge on any atom is -0.314 e. The quantitative estimate of drug-likeness (QED) is 0.821. The van der Waals surface area contributed by atoms with Gasteiger partial charge in [0.05, 0.1) is 0 Å². The second-order valence-corrected chi connectivity index (χ2v) is 7.61. The molecule has 0 aromatic heterocycles. The van der Waals surface area contributed by atoms with Crippen LogP contribution in [0.5, 0.6) is 0 Å². The molecule has 0 aromatic rings. The summed E-state index contributed by atoms with van der Waals surface area (Å²) in [7, 11) is 2.38. The van der Waals surface area contributed by atoms with Crippen molar-refractivity contribution in [2.24, 2.45) is 17.8 Å². The van der Waals surface area contributed by atoms with Gasteiger partial charge in [0.15, 0.2) is 0 Å². The molecule has 118 valence electrons. The van der Waals surface area contributed by atoms with E-state index in [0.717, 1.165) is 36.4 Å². The highest BCUT2D eigenvalue weighted by Gasteiger charge is 2.35. The highest BCUT2D eigenvalue weighted by Crippen LogP contribution is 2.35. The molecule has 2 aliphatic rings. The predicted octanol–water partition coefficient (Wildman–Crippen LogP) is 3.91. The van der Waals surface area contributed by atoms with Crippen LogP contribution < -0.4 is 5.32 Å². The maximum Gasteiger partial charge on any atom is 0.0112 e. The molecule has 2 heteroatoms. The smallest absolute Gasteiger partial charge is 0.0112 e. The van der Waals surface area contributed by atoms with Gasteiger partial charge in [0.2, 0.25) is 0 Å². The van der Waals surface area contributed by atoms with Gasteiger partial charge in [0.25, 0.3) is 0 Å². The van der Waals surface area contributed by atoms with Gasteiger partial charge < -0.3 is 10.2 Å². The molecule has 1 N–H and O–H groups in total. The molecule has 2 nitrogen and oxygen atoms in total. The molecule has 4 atom stereocenters. The highest BCUT2D eigenvalue weighted by atomic mass is 15.1. The van der Waals surface area contributed by atoms with Crippen LogP contribution in [0.25, 0.3) is 0 Å². The fourth-order valence-corrected chi connectivity index (χ4v) is 4.72. The third kappa shape index (κ3) is 4.21. The minimum absolute atomic E-state index is 0.741. The topological polar surface area (TPSA) is 15.3 Å². The summed E-state index contributed by atoms with van der Waals surface area (Å²) in [6.45, 7) is 9.59. The maximum absolute atomic E-state index is 3.78. The number of hydrogen-bond acceptors (Lipinski definition) is 2. The molecule has 0 aromatic carbocycles. The molecular formula is C18H36N2. The average molecular weight is 280 g/mol. The lowest BCUT2D eigenvalue weighted by Gasteiger charge is -2.43. The van der Waals surface area contributed by atoms with E-state index in [1.54, 1.807) is 0 Å². The summed E-state index contributed by atoms with van der Waals surface area (Å²) in [5.41, 5.74) is 0. The standard InChI is InChI=1S/C18H36N2/c1-5-19-18-12-14(2)11-15(3)17(18)13-20(4)16-9-7-6-8-10-16/h14-19H,5-13H2,1-4H3. The monoisotopic (exact) mass is 280 g/mol. The zero-order valence-electron chi connectivity index (χ0n) is 14.2. The van der Waals surface area contributed by atoms with E-state index in [0.29, 0.717) is 0 Å². The fourth-order valence-electron chi connectivity index (χ4n) is 4.72.